The summed E-state index contributed by atoms with van der Waals surface area (Å²) in [7, 11) is 0. The summed E-state index contributed by atoms with van der Waals surface area (Å²) < 4.78 is 0. The molecule has 0 atom stereocenters. The van der Waals surface area contributed by atoms with Gasteiger partial charge in [0.25, 0.3) is 0 Å². The summed E-state index contributed by atoms with van der Waals surface area (Å²) in [4.78, 5) is 9.83. The van der Waals surface area contributed by atoms with Crippen LogP contribution in [0.1, 0.15) is 12.8 Å². The van der Waals surface area contributed by atoms with Gasteiger partial charge in [0, 0.05) is 12.5 Å². The van der Waals surface area contributed by atoms with E-state index in [9.17, 15) is 4.91 Å². The first-order valence-electron chi connectivity index (χ1n) is 2.76. The second-order valence-corrected chi connectivity index (χ2v) is 1.89. The van der Waals surface area contributed by atoms with Gasteiger partial charge in [-0.3, -0.25) is 0 Å². The Hall–Kier alpha value is -1.12. The fourth-order valence-electron chi connectivity index (χ4n) is 0.733. The summed E-state index contributed by atoms with van der Waals surface area (Å²) in [5.41, 5.74) is 0.332. The fraction of sp³-hybridized carbons (Fsp3) is 0.333. The predicted octanol–water partition coefficient (Wildman–Crippen LogP) is 1.87. The SMILES string of the molecule is O=NC1=CCCC(O)=C1. The van der Waals surface area contributed by atoms with Gasteiger partial charge < -0.3 is 5.11 Å². The smallest absolute Gasteiger partial charge is 0.107 e. The average molecular weight is 125 g/mol. The van der Waals surface area contributed by atoms with Crippen molar-refractivity contribution in [1.82, 2.24) is 0 Å². The van der Waals surface area contributed by atoms with Gasteiger partial charge in [0.2, 0.25) is 0 Å². The van der Waals surface area contributed by atoms with Crippen LogP contribution in [0.5, 0.6) is 0 Å². The van der Waals surface area contributed by atoms with E-state index in [2.05, 4.69) is 5.18 Å². The van der Waals surface area contributed by atoms with Crippen LogP contribution >= 0.6 is 0 Å². The average Bonchev–Trinajstić information content (AvgIpc) is 1.88. The molecule has 0 saturated carbocycles. The molecule has 0 amide bonds. The Morgan fingerprint density at radius 1 is 1.67 bits per heavy atom. The molecule has 0 radical (unpaired) electrons. The highest BCUT2D eigenvalue weighted by Crippen LogP contribution is 2.14. The Kier molecular flexibility index (Phi) is 1.63. The van der Waals surface area contributed by atoms with Crippen LogP contribution in [0.15, 0.2) is 28.8 Å². The van der Waals surface area contributed by atoms with Crippen LogP contribution in [-0.2, 0) is 0 Å². The van der Waals surface area contributed by atoms with Crippen molar-refractivity contribution in [3.63, 3.8) is 0 Å². The van der Waals surface area contributed by atoms with E-state index in [0.29, 0.717) is 18.5 Å². The predicted molar refractivity (Wildman–Crippen MR) is 33.8 cm³/mol. The molecule has 0 fully saturated rings. The Bertz CT molecular complexity index is 181. The zero-order valence-corrected chi connectivity index (χ0v) is 4.87. The van der Waals surface area contributed by atoms with Crippen molar-refractivity contribution in [2.24, 2.45) is 5.18 Å². The third-order valence-electron chi connectivity index (χ3n) is 1.17. The van der Waals surface area contributed by atoms with Gasteiger partial charge in [-0.25, -0.2) is 0 Å². The number of hydrogen-bond acceptors (Lipinski definition) is 3. The molecule has 0 saturated heterocycles. The van der Waals surface area contributed by atoms with E-state index in [4.69, 9.17) is 5.11 Å². The summed E-state index contributed by atoms with van der Waals surface area (Å²) in [6.07, 6.45) is 4.42. The molecule has 1 rings (SSSR count). The first-order valence-corrected chi connectivity index (χ1v) is 2.76. The maximum Gasteiger partial charge on any atom is 0.107 e. The zero-order valence-electron chi connectivity index (χ0n) is 4.87. The highest BCUT2D eigenvalue weighted by Gasteiger charge is 2.01. The molecule has 1 aliphatic carbocycles. The molecule has 0 unspecified atom stereocenters. The topological polar surface area (TPSA) is 49.7 Å². The molecule has 1 aliphatic rings. The van der Waals surface area contributed by atoms with Crippen LogP contribution in [0.3, 0.4) is 0 Å². The minimum absolute atomic E-state index is 0.243. The van der Waals surface area contributed by atoms with E-state index in [0.717, 1.165) is 0 Å². The van der Waals surface area contributed by atoms with E-state index >= 15 is 0 Å². The van der Waals surface area contributed by atoms with Gasteiger partial charge in [0.05, 0.1) is 5.76 Å². The largest absolute Gasteiger partial charge is 0.512 e. The van der Waals surface area contributed by atoms with Crippen LogP contribution in [-0.4, -0.2) is 5.11 Å². The third-order valence-corrected chi connectivity index (χ3v) is 1.17. The van der Waals surface area contributed by atoms with E-state index in [1.807, 2.05) is 0 Å². The van der Waals surface area contributed by atoms with Gasteiger partial charge in [-0.2, -0.15) is 0 Å². The van der Waals surface area contributed by atoms with Gasteiger partial charge >= 0.3 is 0 Å². The molecule has 3 nitrogen and oxygen atoms in total. The molecule has 9 heavy (non-hydrogen) atoms. The van der Waals surface area contributed by atoms with Crippen LogP contribution < -0.4 is 0 Å². The molecule has 0 aliphatic heterocycles. The third kappa shape index (κ3) is 1.38. The summed E-state index contributed by atoms with van der Waals surface area (Å²) in [5.74, 6) is 0.243. The number of aliphatic hydroxyl groups is 1. The Morgan fingerprint density at radius 2 is 2.44 bits per heavy atom. The van der Waals surface area contributed by atoms with Gasteiger partial charge in [-0.05, 0) is 11.6 Å². The number of rotatable bonds is 1. The number of allylic oxidation sites excluding steroid dienone is 3. The van der Waals surface area contributed by atoms with Gasteiger partial charge in [-0.15, -0.1) is 4.91 Å². The van der Waals surface area contributed by atoms with Crippen LogP contribution in [0.4, 0.5) is 0 Å². The lowest BCUT2D eigenvalue weighted by atomic mass is 10.1. The van der Waals surface area contributed by atoms with Crippen molar-refractivity contribution in [2.45, 2.75) is 12.8 Å². The normalized spacial score (nSPS) is 18.2. The molecule has 0 aromatic carbocycles. The minimum atomic E-state index is 0.243. The maximum absolute atomic E-state index is 9.83. The van der Waals surface area contributed by atoms with Gasteiger partial charge in [-0.1, -0.05) is 6.08 Å². The van der Waals surface area contributed by atoms with E-state index in [1.165, 1.54) is 6.08 Å². The number of nitroso groups, excluding NO2 is 1. The van der Waals surface area contributed by atoms with Crippen LogP contribution in [0.2, 0.25) is 0 Å². The molecule has 0 aromatic rings. The maximum atomic E-state index is 9.83. The Morgan fingerprint density at radius 3 is 2.89 bits per heavy atom. The van der Waals surface area contributed by atoms with Crippen molar-refractivity contribution in [3.8, 4) is 0 Å². The van der Waals surface area contributed by atoms with Gasteiger partial charge in [0.1, 0.15) is 5.70 Å². The zero-order chi connectivity index (χ0) is 6.69. The van der Waals surface area contributed by atoms with Crippen LogP contribution in [0.25, 0.3) is 0 Å². The van der Waals surface area contributed by atoms with Crippen molar-refractivity contribution < 1.29 is 5.11 Å². The molecule has 3 heteroatoms. The summed E-state index contributed by atoms with van der Waals surface area (Å²) in [6.45, 7) is 0. The lowest BCUT2D eigenvalue weighted by Gasteiger charge is -2.01. The molecule has 0 bridgehead atoms. The summed E-state index contributed by atoms with van der Waals surface area (Å²) >= 11 is 0. The standard InChI is InChI=1S/C6H7NO2/c8-6-3-1-2-5(4-6)7-9/h2,4,8H,1,3H2. The Balaban J connectivity index is 2.74. The molecular formula is C6H7NO2. The number of aliphatic hydroxyl groups excluding tert-OH is 1. The van der Waals surface area contributed by atoms with Crippen LogP contribution in [0, 0.1) is 4.91 Å². The first kappa shape index (κ1) is 6.01. The lowest BCUT2D eigenvalue weighted by molar-refractivity contribution is 0.386. The number of nitrogens with zero attached hydrogens (tertiary/aromatic N) is 1. The molecule has 0 aromatic heterocycles. The van der Waals surface area contributed by atoms with Crippen molar-refractivity contribution in [2.75, 3.05) is 0 Å². The summed E-state index contributed by atoms with van der Waals surface area (Å²) in [5, 5.41) is 11.5. The highest BCUT2D eigenvalue weighted by molar-refractivity contribution is 5.22. The van der Waals surface area contributed by atoms with E-state index < -0.39 is 0 Å². The lowest BCUT2D eigenvalue weighted by Crippen LogP contribution is -1.88. The van der Waals surface area contributed by atoms with Crippen molar-refractivity contribution in [3.05, 3.63) is 28.5 Å². The first-order chi connectivity index (χ1) is 4.33. The second-order valence-electron chi connectivity index (χ2n) is 1.89. The quantitative estimate of drug-likeness (QED) is 0.544. The van der Waals surface area contributed by atoms with E-state index in [-0.39, 0.29) is 5.76 Å². The van der Waals surface area contributed by atoms with Gasteiger partial charge in [0.15, 0.2) is 0 Å². The monoisotopic (exact) mass is 125 g/mol. The van der Waals surface area contributed by atoms with Crippen molar-refractivity contribution >= 4 is 0 Å². The highest BCUT2D eigenvalue weighted by atomic mass is 16.3. The second kappa shape index (κ2) is 2.44. The molecule has 48 valence electrons. The molecule has 0 heterocycles. The number of hydrogen-bond donors (Lipinski definition) is 1. The summed E-state index contributed by atoms with van der Waals surface area (Å²) in [6, 6.07) is 0. The van der Waals surface area contributed by atoms with E-state index in [1.54, 1.807) is 6.08 Å². The molecule has 0 spiro atoms. The molecule has 1 N–H and O–H groups in total. The Labute approximate surface area is 52.7 Å². The molecular weight excluding hydrogens is 118 g/mol. The van der Waals surface area contributed by atoms with Crippen molar-refractivity contribution in [1.29, 1.82) is 0 Å². The minimum Gasteiger partial charge on any atom is -0.512 e. The fourth-order valence-corrected chi connectivity index (χ4v) is 0.733.